The summed E-state index contributed by atoms with van der Waals surface area (Å²) in [6.45, 7) is 9.01. The third-order valence-corrected chi connectivity index (χ3v) is 8.89. The second-order valence-electron chi connectivity index (χ2n) is 12.0. The van der Waals surface area contributed by atoms with E-state index in [2.05, 4.69) is 58.4 Å². The molecule has 0 saturated carbocycles. The minimum absolute atomic E-state index is 0.199. The van der Waals surface area contributed by atoms with Gasteiger partial charge in [0.1, 0.15) is 17.1 Å². The van der Waals surface area contributed by atoms with Gasteiger partial charge in [-0.25, -0.2) is 4.79 Å². The molecule has 1 atom stereocenters. The number of aryl methyl sites for hydroxylation is 1. The summed E-state index contributed by atoms with van der Waals surface area (Å²) in [7, 11) is 0. The highest BCUT2D eigenvalue weighted by Gasteiger charge is 2.28. The molecule has 1 aliphatic rings. The SMILES string of the molecule is Cc1cc[n+]([O-])c(C)c1C(=O)NCCC(C)N1CCC(N(Cc2ccccc2)c2ccc(Oc3ccc(C(=O)O)cc3)cc2)CC1. The van der Waals surface area contributed by atoms with Gasteiger partial charge >= 0.3 is 5.97 Å². The molecule has 1 unspecified atom stereocenters. The number of nitrogens with one attached hydrogen (secondary N) is 1. The summed E-state index contributed by atoms with van der Waals surface area (Å²) < 4.78 is 6.72. The first-order valence-electron chi connectivity index (χ1n) is 15.8. The number of carboxylic acids is 1. The summed E-state index contributed by atoms with van der Waals surface area (Å²) >= 11 is 0. The fourth-order valence-corrected chi connectivity index (χ4v) is 6.14. The van der Waals surface area contributed by atoms with Gasteiger partial charge in [-0.2, -0.15) is 4.73 Å². The van der Waals surface area contributed by atoms with E-state index in [-0.39, 0.29) is 11.5 Å². The molecule has 1 aliphatic heterocycles. The summed E-state index contributed by atoms with van der Waals surface area (Å²) in [5, 5.41) is 24.1. The van der Waals surface area contributed by atoms with Crippen LogP contribution < -0.4 is 19.7 Å². The number of piperidine rings is 1. The zero-order chi connectivity index (χ0) is 32.6. The molecule has 0 spiro atoms. The molecule has 5 rings (SSSR count). The molecule has 1 aromatic heterocycles. The van der Waals surface area contributed by atoms with Crippen LogP contribution in [0.3, 0.4) is 0 Å². The number of hydrogen-bond acceptors (Lipinski definition) is 6. The molecular formula is C37H42N4O5. The second kappa shape index (κ2) is 14.9. The molecule has 1 saturated heterocycles. The molecule has 4 aromatic rings. The number of carboxylic acid groups (broad SMARTS) is 1. The molecule has 0 radical (unpaired) electrons. The minimum Gasteiger partial charge on any atom is -0.618 e. The maximum atomic E-state index is 12.8. The van der Waals surface area contributed by atoms with Gasteiger partial charge in [-0.05, 0) is 92.8 Å². The number of likely N-dealkylation sites (tertiary alicyclic amines) is 1. The minimum atomic E-state index is -0.966. The summed E-state index contributed by atoms with van der Waals surface area (Å²) in [5.41, 5.74) is 4.27. The van der Waals surface area contributed by atoms with Crippen LogP contribution in [0.15, 0.2) is 91.1 Å². The third kappa shape index (κ3) is 8.03. The van der Waals surface area contributed by atoms with Gasteiger partial charge < -0.3 is 30.2 Å². The molecular weight excluding hydrogens is 580 g/mol. The zero-order valence-electron chi connectivity index (χ0n) is 26.7. The Labute approximate surface area is 270 Å². The van der Waals surface area contributed by atoms with Gasteiger partial charge in [0, 0.05) is 56.9 Å². The molecule has 2 N–H and O–H groups in total. The Morgan fingerprint density at radius 2 is 1.61 bits per heavy atom. The monoisotopic (exact) mass is 622 g/mol. The number of aromatic nitrogens is 1. The van der Waals surface area contributed by atoms with Crippen molar-refractivity contribution in [3.8, 4) is 11.5 Å². The number of benzene rings is 3. The molecule has 9 heteroatoms. The molecule has 0 bridgehead atoms. The third-order valence-electron chi connectivity index (χ3n) is 8.89. The van der Waals surface area contributed by atoms with Gasteiger partial charge in [0.25, 0.3) is 5.91 Å². The lowest BCUT2D eigenvalue weighted by molar-refractivity contribution is -0.612. The number of carbonyl (C=O) groups excluding carboxylic acids is 1. The van der Waals surface area contributed by atoms with E-state index in [1.807, 2.05) is 25.1 Å². The van der Waals surface area contributed by atoms with Gasteiger partial charge in [0.2, 0.25) is 5.69 Å². The largest absolute Gasteiger partial charge is 0.618 e. The normalized spacial score (nSPS) is 14.4. The zero-order valence-corrected chi connectivity index (χ0v) is 26.7. The van der Waals surface area contributed by atoms with Crippen LogP contribution in [0, 0.1) is 19.1 Å². The number of nitrogens with zero attached hydrogens (tertiary/aromatic N) is 3. The lowest BCUT2D eigenvalue weighted by Gasteiger charge is -2.42. The van der Waals surface area contributed by atoms with Crippen LogP contribution in [-0.4, -0.2) is 53.6 Å². The van der Waals surface area contributed by atoms with Crippen LogP contribution in [0.2, 0.25) is 0 Å². The quantitative estimate of drug-likeness (QED) is 0.145. The maximum absolute atomic E-state index is 12.8. The number of anilines is 1. The second-order valence-corrected chi connectivity index (χ2v) is 12.0. The van der Waals surface area contributed by atoms with Crippen LogP contribution >= 0.6 is 0 Å². The maximum Gasteiger partial charge on any atom is 0.335 e. The molecule has 1 amide bonds. The van der Waals surface area contributed by atoms with Crippen molar-refractivity contribution in [3.05, 3.63) is 124 Å². The highest BCUT2D eigenvalue weighted by Crippen LogP contribution is 2.30. The summed E-state index contributed by atoms with van der Waals surface area (Å²) in [6, 6.07) is 27.3. The lowest BCUT2D eigenvalue weighted by atomic mass is 9.99. The smallest absolute Gasteiger partial charge is 0.335 e. The lowest BCUT2D eigenvalue weighted by Crippen LogP contribution is -2.48. The predicted octanol–water partition coefficient (Wildman–Crippen LogP) is 6.11. The van der Waals surface area contributed by atoms with Gasteiger partial charge in [-0.15, -0.1) is 0 Å². The average Bonchev–Trinajstić information content (AvgIpc) is 3.07. The number of carbonyl (C=O) groups is 2. The first kappa shape index (κ1) is 32.5. The van der Waals surface area contributed by atoms with Gasteiger partial charge in [0.15, 0.2) is 6.20 Å². The number of hydrogen-bond donors (Lipinski definition) is 2. The first-order chi connectivity index (χ1) is 22.2. The summed E-state index contributed by atoms with van der Waals surface area (Å²) in [5.74, 6) is 0.107. The van der Waals surface area contributed by atoms with Crippen LogP contribution in [0.1, 0.15) is 63.7 Å². The predicted molar refractivity (Wildman–Crippen MR) is 178 cm³/mol. The Bertz CT molecular complexity index is 1620. The highest BCUT2D eigenvalue weighted by atomic mass is 16.5. The molecule has 9 nitrogen and oxygen atoms in total. The van der Waals surface area contributed by atoms with Crippen LogP contribution in [0.5, 0.6) is 11.5 Å². The Morgan fingerprint density at radius 3 is 2.24 bits per heavy atom. The van der Waals surface area contributed by atoms with Crippen molar-refractivity contribution in [2.24, 2.45) is 0 Å². The van der Waals surface area contributed by atoms with E-state index in [1.165, 1.54) is 23.9 Å². The topological polar surface area (TPSA) is 109 Å². The Hall–Kier alpha value is -4.89. The van der Waals surface area contributed by atoms with E-state index in [0.717, 1.165) is 54.9 Å². The molecule has 1 fully saturated rings. The van der Waals surface area contributed by atoms with Crippen LogP contribution in [-0.2, 0) is 6.54 Å². The summed E-state index contributed by atoms with van der Waals surface area (Å²) in [4.78, 5) is 29.0. The molecule has 2 heterocycles. The van der Waals surface area contributed by atoms with E-state index < -0.39 is 5.97 Å². The van der Waals surface area contributed by atoms with Gasteiger partial charge in [-0.3, -0.25) is 4.79 Å². The van der Waals surface area contributed by atoms with Gasteiger partial charge in [0.05, 0.1) is 5.56 Å². The number of aromatic carboxylic acids is 1. The molecule has 0 aliphatic carbocycles. The fourth-order valence-electron chi connectivity index (χ4n) is 6.14. The van der Waals surface area contributed by atoms with Crippen molar-refractivity contribution in [1.82, 2.24) is 10.2 Å². The standard InChI is InChI=1S/C37H42N4O5/c1-26-18-24-41(45)28(3)35(26)36(42)38-21-17-27(2)39-22-19-32(20-23-39)40(25-29-7-5-4-6-8-29)31-11-15-34(16-12-31)46-33-13-9-30(10-14-33)37(43)44/h4-16,18,24,27,32H,17,19-23,25H2,1-3H3,(H,38,42)(H,43,44). The van der Waals surface area contributed by atoms with Crippen molar-refractivity contribution in [3.63, 3.8) is 0 Å². The number of pyridine rings is 1. The van der Waals surface area contributed by atoms with Crippen LogP contribution in [0.4, 0.5) is 5.69 Å². The van der Waals surface area contributed by atoms with E-state index in [0.29, 0.717) is 41.4 Å². The molecule has 240 valence electrons. The van der Waals surface area contributed by atoms with E-state index >= 15 is 0 Å². The molecule has 3 aromatic carbocycles. The van der Waals surface area contributed by atoms with Crippen molar-refractivity contribution >= 4 is 17.6 Å². The van der Waals surface area contributed by atoms with Crippen molar-refractivity contribution in [1.29, 1.82) is 0 Å². The molecule has 46 heavy (non-hydrogen) atoms. The number of ether oxygens (including phenoxy) is 1. The first-order valence-corrected chi connectivity index (χ1v) is 15.8. The van der Waals surface area contributed by atoms with Crippen molar-refractivity contribution in [2.45, 2.75) is 58.7 Å². The number of rotatable bonds is 12. The Kier molecular flexibility index (Phi) is 10.5. The fraction of sp³-hybridized carbons (Fsp3) is 0.324. The van der Waals surface area contributed by atoms with E-state index in [9.17, 15) is 14.8 Å². The Morgan fingerprint density at radius 1 is 0.978 bits per heavy atom. The van der Waals surface area contributed by atoms with Crippen molar-refractivity contribution in [2.75, 3.05) is 24.5 Å². The highest BCUT2D eigenvalue weighted by molar-refractivity contribution is 5.96. The van der Waals surface area contributed by atoms with E-state index in [4.69, 9.17) is 9.84 Å². The van der Waals surface area contributed by atoms with Crippen LogP contribution in [0.25, 0.3) is 0 Å². The Balaban J connectivity index is 1.18. The average molecular weight is 623 g/mol. The number of amides is 1. The van der Waals surface area contributed by atoms with Crippen molar-refractivity contribution < 1.29 is 24.2 Å². The van der Waals surface area contributed by atoms with Gasteiger partial charge in [-0.1, -0.05) is 30.3 Å². The summed E-state index contributed by atoms with van der Waals surface area (Å²) in [6.07, 6.45) is 4.30. The van der Waals surface area contributed by atoms with E-state index in [1.54, 1.807) is 25.1 Å².